The molecule has 0 aliphatic heterocycles. The Bertz CT molecular complexity index is 100. The van der Waals surface area contributed by atoms with Gasteiger partial charge in [-0.2, -0.15) is 0 Å². The minimum Gasteiger partial charge on any atom is 0 e. The molecule has 0 spiro atoms. The zero-order valence-corrected chi connectivity index (χ0v) is 7.09. The summed E-state index contributed by atoms with van der Waals surface area (Å²) in [7, 11) is 2.09. The molecule has 8 heavy (non-hydrogen) atoms. The van der Waals surface area contributed by atoms with Crippen LogP contribution >= 0.6 is 20.5 Å². The van der Waals surface area contributed by atoms with Gasteiger partial charge in [-0.3, -0.25) is 0 Å². The smallest absolute Gasteiger partial charge is 0 e. The summed E-state index contributed by atoms with van der Waals surface area (Å²) < 4.78 is 0. The first-order chi connectivity index (χ1) is 3.41. The van der Waals surface area contributed by atoms with Crippen molar-refractivity contribution in [2.45, 2.75) is 0 Å². The summed E-state index contributed by atoms with van der Waals surface area (Å²) in [4.78, 5) is 0. The monoisotopic (exact) mass is 234 g/mol. The van der Waals surface area contributed by atoms with Gasteiger partial charge in [0.25, 0.3) is 0 Å². The quantitative estimate of drug-likeness (QED) is 0.534. The Morgan fingerprint density at radius 1 is 1.12 bits per heavy atom. The van der Waals surface area contributed by atoms with Gasteiger partial charge in [0.15, 0.2) is 0 Å². The average molecular weight is 234 g/mol. The molecule has 0 amide bonds. The molecule has 0 rings (SSSR count). The Hall–Kier alpha value is 0.693. The van der Waals surface area contributed by atoms with Gasteiger partial charge >= 0.3 is 54.3 Å². The molecule has 0 saturated heterocycles. The van der Waals surface area contributed by atoms with E-state index in [9.17, 15) is 0 Å². The Kier molecular flexibility index (Phi) is 15.3. The molecule has 0 aromatic carbocycles. The molecule has 0 unspecified atom stereocenters. The van der Waals surface area contributed by atoms with Crippen LogP contribution in [0.3, 0.4) is 0 Å². The first-order valence-electron chi connectivity index (χ1n) is 1.13. The van der Waals surface area contributed by atoms with E-state index in [2.05, 4.69) is 0 Å². The van der Waals surface area contributed by atoms with Gasteiger partial charge < -0.3 is 0 Å². The second-order valence-electron chi connectivity index (χ2n) is 0.374. The maximum absolute atomic E-state index is 7.88. The molecule has 48 valence electrons. The van der Waals surface area contributed by atoms with Crippen LogP contribution < -0.4 is 0 Å². The first kappa shape index (κ1) is 11.5. The Morgan fingerprint density at radius 2 is 1.50 bits per heavy atom. The third-order valence-corrected chi connectivity index (χ3v) is 2.81. The van der Waals surface area contributed by atoms with Gasteiger partial charge in [-0.05, 0) is 0 Å². The van der Waals surface area contributed by atoms with E-state index in [4.69, 9.17) is 10.5 Å². The van der Waals surface area contributed by atoms with Crippen LogP contribution in [0.25, 0.3) is 0 Å². The third-order valence-electron chi connectivity index (χ3n) is 0.116. The Balaban J connectivity index is 0. The van der Waals surface area contributed by atoms with E-state index in [-0.39, 0.29) is 16.8 Å². The molecule has 0 aliphatic carbocycles. The van der Waals surface area contributed by atoms with Crippen molar-refractivity contribution in [3.63, 3.8) is 0 Å². The molecular formula is C2Co2N2S2. The van der Waals surface area contributed by atoms with Gasteiger partial charge in [-0.15, -0.1) is 0 Å². The van der Waals surface area contributed by atoms with Crippen molar-refractivity contribution in [3.8, 4) is 10.8 Å². The maximum Gasteiger partial charge on any atom is 0 e. The molecule has 0 heterocycles. The van der Waals surface area contributed by atoms with Crippen LogP contribution in [-0.2, 0) is 29.3 Å². The number of hydrogen-bond donors (Lipinski definition) is 0. The van der Waals surface area contributed by atoms with E-state index in [1.165, 1.54) is 0 Å². The molecule has 0 aromatic rings. The van der Waals surface area contributed by atoms with E-state index in [1.54, 1.807) is 0 Å². The van der Waals surface area contributed by atoms with Crippen LogP contribution in [0.1, 0.15) is 0 Å². The zero-order valence-electron chi connectivity index (χ0n) is 3.38. The normalized spacial score (nSPS) is 6.25. The van der Waals surface area contributed by atoms with Crippen LogP contribution in [0.15, 0.2) is 0 Å². The van der Waals surface area contributed by atoms with E-state index in [0.717, 1.165) is 32.9 Å². The number of thiocyanates is 2. The Labute approximate surface area is 70.7 Å². The van der Waals surface area contributed by atoms with Gasteiger partial charge in [-0.25, -0.2) is 0 Å². The van der Waals surface area contributed by atoms with Crippen molar-refractivity contribution < 1.29 is 29.3 Å². The van der Waals surface area contributed by atoms with E-state index in [0.29, 0.717) is 0 Å². The summed E-state index contributed by atoms with van der Waals surface area (Å²) in [6, 6.07) is 0. The fourth-order valence-electron chi connectivity index (χ4n) is 0.0387. The average Bonchev–Trinajstić information content (AvgIpc) is 1.69. The summed E-state index contributed by atoms with van der Waals surface area (Å²) in [5.41, 5.74) is 0. The third kappa shape index (κ3) is 9.85. The van der Waals surface area contributed by atoms with Crippen molar-refractivity contribution in [2.75, 3.05) is 0 Å². The molecular weight excluding hydrogens is 234 g/mol. The van der Waals surface area contributed by atoms with Gasteiger partial charge in [-0.1, -0.05) is 0 Å². The number of rotatable bonds is 2. The topological polar surface area (TPSA) is 47.6 Å². The van der Waals surface area contributed by atoms with Gasteiger partial charge in [0.1, 0.15) is 0 Å². The molecule has 0 aromatic heterocycles. The predicted octanol–water partition coefficient (Wildman–Crippen LogP) is 1.32. The largest absolute Gasteiger partial charge is 0 e. The molecule has 0 aliphatic rings. The number of nitrogens with zero attached hydrogens (tertiary/aromatic N) is 2. The van der Waals surface area contributed by atoms with Crippen LogP contribution in [0.2, 0.25) is 0 Å². The maximum atomic E-state index is 7.88. The number of nitriles is 2. The van der Waals surface area contributed by atoms with Crippen molar-refractivity contribution in [1.29, 1.82) is 10.5 Å². The minimum atomic E-state index is 0. The second-order valence-corrected chi connectivity index (χ2v) is 4.29. The Morgan fingerprint density at radius 3 is 1.75 bits per heavy atom. The van der Waals surface area contributed by atoms with Crippen LogP contribution in [-0.4, -0.2) is 0 Å². The summed E-state index contributed by atoms with van der Waals surface area (Å²) in [6.45, 7) is 0. The summed E-state index contributed by atoms with van der Waals surface area (Å²) in [6.07, 6.45) is 0. The fourth-order valence-corrected chi connectivity index (χ4v) is 1.44. The summed E-state index contributed by atoms with van der Waals surface area (Å²) in [5, 5.41) is 19.4. The molecule has 2 nitrogen and oxygen atoms in total. The predicted molar refractivity (Wildman–Crippen MR) is 26.4 cm³/mol. The van der Waals surface area contributed by atoms with Gasteiger partial charge in [0.2, 0.25) is 0 Å². The van der Waals surface area contributed by atoms with Gasteiger partial charge in [0, 0.05) is 16.8 Å². The standard InChI is InChI=1S/2CHNS.2Co/c2*2-1-3;;/h2*3H;;/q;;;+2/p-2. The molecule has 6 heteroatoms. The molecule has 0 N–H and O–H groups in total. The fraction of sp³-hybridized carbons (Fsp3) is 0. The van der Waals surface area contributed by atoms with E-state index < -0.39 is 0 Å². The molecule has 0 atom stereocenters. The van der Waals surface area contributed by atoms with Crippen LogP contribution in [0.5, 0.6) is 0 Å². The van der Waals surface area contributed by atoms with Crippen LogP contribution in [0.4, 0.5) is 0 Å². The van der Waals surface area contributed by atoms with Crippen molar-refractivity contribution >= 4 is 20.5 Å². The number of hydrogen-bond acceptors (Lipinski definition) is 4. The van der Waals surface area contributed by atoms with Crippen molar-refractivity contribution in [3.05, 3.63) is 0 Å². The summed E-state index contributed by atoms with van der Waals surface area (Å²) in [5.74, 6) is 0. The first-order valence-corrected chi connectivity index (χ1v) is 5.04. The van der Waals surface area contributed by atoms with E-state index >= 15 is 0 Å². The SMILES string of the molecule is N#C[S][Co][S]C#N.[Co]. The van der Waals surface area contributed by atoms with Crippen molar-refractivity contribution in [1.82, 2.24) is 0 Å². The van der Waals surface area contributed by atoms with E-state index in [1.807, 2.05) is 10.8 Å². The zero-order chi connectivity index (χ0) is 5.54. The minimum absolute atomic E-state index is 0. The summed E-state index contributed by atoms with van der Waals surface area (Å²) >= 11 is 0.780. The van der Waals surface area contributed by atoms with Crippen LogP contribution in [0, 0.1) is 21.3 Å². The van der Waals surface area contributed by atoms with Crippen molar-refractivity contribution in [2.24, 2.45) is 0 Å². The molecule has 0 fully saturated rings. The molecule has 0 bridgehead atoms. The molecule has 1 radical (unpaired) electrons. The second kappa shape index (κ2) is 10.6. The molecule has 0 saturated carbocycles. The van der Waals surface area contributed by atoms with Gasteiger partial charge in [0.05, 0.1) is 0 Å².